The van der Waals surface area contributed by atoms with Gasteiger partial charge in [-0.05, 0) is 49.9 Å². The van der Waals surface area contributed by atoms with Crippen molar-refractivity contribution in [2.45, 2.75) is 42.9 Å². The van der Waals surface area contributed by atoms with Crippen LogP contribution >= 0.6 is 11.8 Å². The van der Waals surface area contributed by atoms with Crippen molar-refractivity contribution in [3.05, 3.63) is 36.4 Å². The minimum atomic E-state index is -0.135. The van der Waals surface area contributed by atoms with Crippen molar-refractivity contribution in [1.29, 1.82) is 0 Å². The average Bonchev–Trinajstić information content (AvgIpc) is 3.20. The Kier molecular flexibility index (Phi) is 5.99. The zero-order valence-corrected chi connectivity index (χ0v) is 17.6. The molecule has 1 fully saturated rings. The van der Waals surface area contributed by atoms with Crippen LogP contribution in [-0.4, -0.2) is 56.1 Å². The lowest BCUT2D eigenvalue weighted by Gasteiger charge is -2.29. The van der Waals surface area contributed by atoms with Crippen molar-refractivity contribution in [3.8, 4) is 17.1 Å². The van der Waals surface area contributed by atoms with Crippen LogP contribution in [-0.2, 0) is 4.79 Å². The molecule has 1 aromatic carbocycles. The van der Waals surface area contributed by atoms with Crippen LogP contribution in [0.5, 0.6) is 5.75 Å². The molecule has 0 spiro atoms. The van der Waals surface area contributed by atoms with Gasteiger partial charge in [-0.2, -0.15) is 9.61 Å². The number of ether oxygens (including phenoxy) is 1. The first kappa shape index (κ1) is 19.7. The third-order valence-electron chi connectivity index (χ3n) is 5.16. The number of likely N-dealkylation sites (tertiary alicyclic amines) is 1. The van der Waals surface area contributed by atoms with Crippen LogP contribution in [0, 0.1) is 0 Å². The Morgan fingerprint density at radius 1 is 1.14 bits per heavy atom. The number of amides is 1. The Morgan fingerprint density at radius 2 is 1.93 bits per heavy atom. The minimum Gasteiger partial charge on any atom is -0.496 e. The molecule has 0 N–H and O–H groups in total. The van der Waals surface area contributed by atoms with E-state index in [1.54, 1.807) is 11.6 Å². The van der Waals surface area contributed by atoms with Gasteiger partial charge in [0.1, 0.15) is 10.8 Å². The van der Waals surface area contributed by atoms with E-state index in [-0.39, 0.29) is 11.2 Å². The van der Waals surface area contributed by atoms with E-state index in [1.807, 2.05) is 41.3 Å². The van der Waals surface area contributed by atoms with E-state index in [0.29, 0.717) is 17.2 Å². The van der Waals surface area contributed by atoms with E-state index >= 15 is 0 Å². The highest BCUT2D eigenvalue weighted by Gasteiger charge is 2.26. The van der Waals surface area contributed by atoms with Crippen LogP contribution in [0.4, 0.5) is 0 Å². The van der Waals surface area contributed by atoms with Crippen LogP contribution in [0.1, 0.15) is 32.6 Å². The fourth-order valence-corrected chi connectivity index (χ4v) is 4.59. The van der Waals surface area contributed by atoms with E-state index < -0.39 is 0 Å². The van der Waals surface area contributed by atoms with Crippen molar-refractivity contribution in [2.75, 3.05) is 20.2 Å². The number of aromatic nitrogens is 4. The Hall–Kier alpha value is -2.61. The molecular formula is C21H25N5O2S. The lowest BCUT2D eigenvalue weighted by atomic mass is 10.1. The maximum absolute atomic E-state index is 12.9. The zero-order valence-electron chi connectivity index (χ0n) is 16.7. The van der Waals surface area contributed by atoms with Gasteiger partial charge in [0.2, 0.25) is 5.91 Å². The smallest absolute Gasteiger partial charge is 0.236 e. The third kappa shape index (κ3) is 4.07. The number of rotatable bonds is 6. The Bertz CT molecular complexity index is 1000. The first-order valence-electron chi connectivity index (χ1n) is 10.0. The fraction of sp³-hybridized carbons (Fsp3) is 0.429. The summed E-state index contributed by atoms with van der Waals surface area (Å²) in [5.74, 6) is 1.55. The highest BCUT2D eigenvalue weighted by Crippen LogP contribution is 2.30. The molecule has 1 saturated heterocycles. The summed E-state index contributed by atoms with van der Waals surface area (Å²) in [5, 5.41) is 13.9. The van der Waals surface area contributed by atoms with E-state index in [4.69, 9.17) is 9.84 Å². The molecule has 7 nitrogen and oxygen atoms in total. The van der Waals surface area contributed by atoms with Crippen LogP contribution in [0.15, 0.2) is 41.4 Å². The fourth-order valence-electron chi connectivity index (χ4n) is 3.60. The van der Waals surface area contributed by atoms with Gasteiger partial charge in [0.15, 0.2) is 11.5 Å². The van der Waals surface area contributed by atoms with Gasteiger partial charge >= 0.3 is 0 Å². The summed E-state index contributed by atoms with van der Waals surface area (Å²) in [4.78, 5) is 15.0. The summed E-state index contributed by atoms with van der Waals surface area (Å²) in [5.41, 5.74) is 1.49. The lowest BCUT2D eigenvalue weighted by molar-refractivity contribution is -0.131. The Balaban J connectivity index is 1.62. The minimum absolute atomic E-state index is 0.135. The maximum atomic E-state index is 12.9. The van der Waals surface area contributed by atoms with Crippen LogP contribution < -0.4 is 4.74 Å². The third-order valence-corrected chi connectivity index (χ3v) is 6.44. The van der Waals surface area contributed by atoms with E-state index in [9.17, 15) is 4.79 Å². The quantitative estimate of drug-likeness (QED) is 0.576. The van der Waals surface area contributed by atoms with Gasteiger partial charge in [-0.3, -0.25) is 4.79 Å². The lowest BCUT2D eigenvalue weighted by Crippen LogP contribution is -2.40. The summed E-state index contributed by atoms with van der Waals surface area (Å²) >= 11 is 1.51. The van der Waals surface area contributed by atoms with Crippen LogP contribution in [0.3, 0.4) is 0 Å². The molecule has 3 heterocycles. The standard InChI is InChI=1S/C21H25N5O2S/c1-3-17(21(27)25-13-7-4-8-14-25)29-19-12-11-18-22-23-20(26(18)24-19)15-9-5-6-10-16(15)28-2/h5-6,9-12,17H,3-4,7-8,13-14H2,1-2H3. The molecule has 0 aliphatic carbocycles. The summed E-state index contributed by atoms with van der Waals surface area (Å²) in [6.07, 6.45) is 4.17. The van der Waals surface area contributed by atoms with E-state index in [0.717, 1.165) is 42.9 Å². The van der Waals surface area contributed by atoms with Gasteiger partial charge in [0.25, 0.3) is 0 Å². The van der Waals surface area contributed by atoms with Crippen molar-refractivity contribution in [2.24, 2.45) is 0 Å². The molecular weight excluding hydrogens is 386 g/mol. The molecule has 1 atom stereocenters. The molecule has 8 heteroatoms. The number of hydrogen-bond acceptors (Lipinski definition) is 6. The first-order chi connectivity index (χ1) is 14.2. The molecule has 4 rings (SSSR count). The summed E-state index contributed by atoms with van der Waals surface area (Å²) in [6.45, 7) is 3.79. The molecule has 0 bridgehead atoms. The second-order valence-electron chi connectivity index (χ2n) is 7.07. The molecule has 0 saturated carbocycles. The molecule has 29 heavy (non-hydrogen) atoms. The van der Waals surface area contributed by atoms with Gasteiger partial charge in [-0.1, -0.05) is 30.8 Å². The number of para-hydroxylation sites is 1. The molecule has 1 amide bonds. The van der Waals surface area contributed by atoms with Gasteiger partial charge < -0.3 is 9.64 Å². The normalized spacial score (nSPS) is 15.4. The number of thioether (sulfide) groups is 1. The van der Waals surface area contributed by atoms with Crippen LogP contribution in [0.25, 0.3) is 17.0 Å². The predicted octanol–water partition coefficient (Wildman–Crippen LogP) is 3.68. The molecule has 2 aromatic heterocycles. The Morgan fingerprint density at radius 3 is 2.69 bits per heavy atom. The number of carbonyl (C=O) groups is 1. The van der Waals surface area contributed by atoms with E-state index in [2.05, 4.69) is 17.1 Å². The number of nitrogens with zero attached hydrogens (tertiary/aromatic N) is 5. The summed E-state index contributed by atoms with van der Waals surface area (Å²) in [7, 11) is 1.63. The second kappa shape index (κ2) is 8.82. The van der Waals surface area contributed by atoms with Crippen LogP contribution in [0.2, 0.25) is 0 Å². The number of piperidine rings is 1. The summed E-state index contributed by atoms with van der Waals surface area (Å²) in [6, 6.07) is 11.5. The molecule has 1 aliphatic heterocycles. The number of methoxy groups -OCH3 is 1. The van der Waals surface area contributed by atoms with Crippen molar-refractivity contribution < 1.29 is 9.53 Å². The number of hydrogen-bond donors (Lipinski definition) is 0. The molecule has 0 radical (unpaired) electrons. The van der Waals surface area contributed by atoms with Crippen molar-refractivity contribution in [3.63, 3.8) is 0 Å². The topological polar surface area (TPSA) is 72.6 Å². The average molecular weight is 412 g/mol. The number of fused-ring (bicyclic) bond motifs is 1. The molecule has 1 aliphatic rings. The summed E-state index contributed by atoms with van der Waals surface area (Å²) < 4.78 is 7.19. The maximum Gasteiger partial charge on any atom is 0.236 e. The first-order valence-corrected chi connectivity index (χ1v) is 10.9. The van der Waals surface area contributed by atoms with E-state index in [1.165, 1.54) is 18.2 Å². The van der Waals surface area contributed by atoms with Gasteiger partial charge in [-0.25, -0.2) is 0 Å². The van der Waals surface area contributed by atoms with Gasteiger partial charge in [0.05, 0.1) is 17.9 Å². The number of carbonyl (C=O) groups excluding carboxylic acids is 1. The highest BCUT2D eigenvalue weighted by atomic mass is 32.2. The predicted molar refractivity (Wildman–Crippen MR) is 113 cm³/mol. The van der Waals surface area contributed by atoms with Gasteiger partial charge in [-0.15, -0.1) is 10.2 Å². The van der Waals surface area contributed by atoms with Gasteiger partial charge in [0, 0.05) is 13.1 Å². The highest BCUT2D eigenvalue weighted by molar-refractivity contribution is 8.00. The molecule has 1 unspecified atom stereocenters. The largest absolute Gasteiger partial charge is 0.496 e. The van der Waals surface area contributed by atoms with Crippen molar-refractivity contribution >= 4 is 23.3 Å². The monoisotopic (exact) mass is 411 g/mol. The number of benzene rings is 1. The zero-order chi connectivity index (χ0) is 20.2. The molecule has 3 aromatic rings. The molecule has 152 valence electrons. The SMILES string of the molecule is CCC(Sc1ccc2nnc(-c3ccccc3OC)n2n1)C(=O)N1CCCCC1. The Labute approximate surface area is 174 Å². The second-order valence-corrected chi connectivity index (χ2v) is 8.29. The van der Waals surface area contributed by atoms with Crippen molar-refractivity contribution in [1.82, 2.24) is 24.7 Å².